The smallest absolute Gasteiger partial charge is 0.246 e. The van der Waals surface area contributed by atoms with Crippen LogP contribution in [0.1, 0.15) is 23.7 Å². The number of likely N-dealkylation sites (N-methyl/N-ethyl adjacent to an activating group) is 1. The Balaban J connectivity index is 2.09. The highest BCUT2D eigenvalue weighted by Crippen LogP contribution is 2.20. The minimum Gasteiger partial charge on any atom is -0.497 e. The van der Waals surface area contributed by atoms with Gasteiger partial charge in [-0.25, -0.2) is 0 Å². The van der Waals surface area contributed by atoms with Crippen LogP contribution in [0.4, 0.5) is 0 Å². The molecule has 0 N–H and O–H groups in total. The number of hydrogen-bond acceptors (Lipinski definition) is 3. The van der Waals surface area contributed by atoms with Crippen molar-refractivity contribution < 1.29 is 9.53 Å². The quantitative estimate of drug-likeness (QED) is 0.752. The first-order valence-electron chi connectivity index (χ1n) is 7.75. The summed E-state index contributed by atoms with van der Waals surface area (Å²) < 4.78 is 6.74. The zero-order chi connectivity index (χ0) is 17.7. The molecule has 0 saturated heterocycles. The number of methoxy groups -OCH3 is 1. The summed E-state index contributed by atoms with van der Waals surface area (Å²) in [4.78, 5) is 14.2. The van der Waals surface area contributed by atoms with Gasteiger partial charge >= 0.3 is 0 Å². The van der Waals surface area contributed by atoms with Crippen LogP contribution >= 0.6 is 11.6 Å². The Morgan fingerprint density at radius 3 is 2.54 bits per heavy atom. The van der Waals surface area contributed by atoms with Crippen LogP contribution in [0.25, 0.3) is 6.08 Å². The highest BCUT2D eigenvalue weighted by atomic mass is 35.5. The van der Waals surface area contributed by atoms with Crippen molar-refractivity contribution in [2.75, 3.05) is 13.7 Å². The molecular formula is C18H22ClN3O2. The molecule has 1 amide bonds. The minimum atomic E-state index is -0.0624. The molecule has 2 aromatic rings. The fourth-order valence-electron chi connectivity index (χ4n) is 2.39. The van der Waals surface area contributed by atoms with Gasteiger partial charge in [-0.1, -0.05) is 23.7 Å². The molecule has 0 aliphatic heterocycles. The summed E-state index contributed by atoms with van der Waals surface area (Å²) in [5.41, 5.74) is 2.62. The molecule has 0 aliphatic rings. The molecule has 128 valence electrons. The number of amides is 1. The van der Waals surface area contributed by atoms with Crippen LogP contribution in [0.5, 0.6) is 5.75 Å². The lowest BCUT2D eigenvalue weighted by Crippen LogP contribution is -2.28. The van der Waals surface area contributed by atoms with Crippen LogP contribution in [-0.2, 0) is 18.4 Å². The lowest BCUT2D eigenvalue weighted by atomic mass is 10.2. The SMILES string of the molecule is CCN(Cc1ccc(OC)cc1)C(=O)/C=C/c1c(C)nn(C)c1Cl. The average molecular weight is 348 g/mol. The number of halogens is 1. The molecular weight excluding hydrogens is 326 g/mol. The van der Waals surface area contributed by atoms with Crippen molar-refractivity contribution in [1.29, 1.82) is 0 Å². The highest BCUT2D eigenvalue weighted by Gasteiger charge is 2.12. The van der Waals surface area contributed by atoms with Gasteiger partial charge < -0.3 is 9.64 Å². The summed E-state index contributed by atoms with van der Waals surface area (Å²) in [6.07, 6.45) is 3.27. The molecule has 0 atom stereocenters. The van der Waals surface area contributed by atoms with E-state index in [-0.39, 0.29) is 5.91 Å². The molecule has 0 radical (unpaired) electrons. The van der Waals surface area contributed by atoms with Crippen molar-refractivity contribution in [2.45, 2.75) is 20.4 Å². The molecule has 0 bridgehead atoms. The van der Waals surface area contributed by atoms with Gasteiger partial charge in [-0.15, -0.1) is 0 Å². The Bertz CT molecular complexity index is 735. The second kappa shape index (κ2) is 8.02. The lowest BCUT2D eigenvalue weighted by Gasteiger charge is -2.19. The number of ether oxygens (including phenoxy) is 1. The van der Waals surface area contributed by atoms with Gasteiger partial charge in [0.25, 0.3) is 0 Å². The third-order valence-electron chi connectivity index (χ3n) is 3.81. The number of nitrogens with zero attached hydrogens (tertiary/aromatic N) is 3. The van der Waals surface area contributed by atoms with E-state index in [9.17, 15) is 4.79 Å². The summed E-state index contributed by atoms with van der Waals surface area (Å²) in [5, 5.41) is 4.76. The topological polar surface area (TPSA) is 47.4 Å². The second-order valence-electron chi connectivity index (χ2n) is 5.45. The molecule has 1 aromatic carbocycles. The number of hydrogen-bond donors (Lipinski definition) is 0. The standard InChI is InChI=1S/C18H22ClN3O2/c1-5-22(12-14-6-8-15(24-4)9-7-14)17(23)11-10-16-13(2)20-21(3)18(16)19/h6-11H,5,12H2,1-4H3/b11-10+. The van der Waals surface area contributed by atoms with Crippen LogP contribution in [0.15, 0.2) is 30.3 Å². The van der Waals surface area contributed by atoms with Gasteiger partial charge in [0.2, 0.25) is 5.91 Å². The van der Waals surface area contributed by atoms with Gasteiger partial charge in [0.05, 0.1) is 12.8 Å². The van der Waals surface area contributed by atoms with Crippen LogP contribution in [0, 0.1) is 6.92 Å². The van der Waals surface area contributed by atoms with E-state index in [1.807, 2.05) is 38.1 Å². The summed E-state index contributed by atoms with van der Waals surface area (Å²) >= 11 is 6.18. The molecule has 2 rings (SSSR count). The number of aryl methyl sites for hydroxylation is 2. The Morgan fingerprint density at radius 1 is 1.38 bits per heavy atom. The summed E-state index contributed by atoms with van der Waals surface area (Å²) in [6, 6.07) is 7.70. The van der Waals surface area contributed by atoms with E-state index in [0.717, 1.165) is 22.6 Å². The Hall–Kier alpha value is -2.27. The first kappa shape index (κ1) is 18.1. The van der Waals surface area contributed by atoms with Crippen molar-refractivity contribution >= 4 is 23.6 Å². The second-order valence-corrected chi connectivity index (χ2v) is 5.81. The summed E-state index contributed by atoms with van der Waals surface area (Å²) in [6.45, 7) is 4.99. The van der Waals surface area contributed by atoms with Gasteiger partial charge in [0, 0.05) is 31.8 Å². The van der Waals surface area contributed by atoms with Gasteiger partial charge in [0.1, 0.15) is 10.9 Å². The van der Waals surface area contributed by atoms with Crippen molar-refractivity contribution in [1.82, 2.24) is 14.7 Å². The van der Waals surface area contributed by atoms with Gasteiger partial charge in [0.15, 0.2) is 0 Å². The molecule has 0 saturated carbocycles. The largest absolute Gasteiger partial charge is 0.497 e. The van der Waals surface area contributed by atoms with E-state index in [0.29, 0.717) is 18.2 Å². The third-order valence-corrected chi connectivity index (χ3v) is 4.26. The zero-order valence-corrected chi connectivity index (χ0v) is 15.2. The van der Waals surface area contributed by atoms with Gasteiger partial charge in [-0.05, 0) is 37.6 Å². The van der Waals surface area contributed by atoms with Crippen LogP contribution in [0.3, 0.4) is 0 Å². The van der Waals surface area contributed by atoms with E-state index >= 15 is 0 Å². The van der Waals surface area contributed by atoms with Crippen molar-refractivity contribution in [3.63, 3.8) is 0 Å². The molecule has 1 heterocycles. The maximum absolute atomic E-state index is 12.4. The summed E-state index contributed by atoms with van der Waals surface area (Å²) in [7, 11) is 3.41. The van der Waals surface area contributed by atoms with Crippen LogP contribution in [0.2, 0.25) is 5.15 Å². The van der Waals surface area contributed by atoms with Gasteiger partial charge in [-0.2, -0.15) is 5.10 Å². The first-order chi connectivity index (χ1) is 11.5. The Labute approximate surface area is 147 Å². The van der Waals surface area contributed by atoms with Crippen molar-refractivity contribution in [2.24, 2.45) is 7.05 Å². The molecule has 0 aliphatic carbocycles. The Kier molecular flexibility index (Phi) is 6.04. The molecule has 1 aromatic heterocycles. The number of rotatable bonds is 6. The lowest BCUT2D eigenvalue weighted by molar-refractivity contribution is -0.126. The first-order valence-corrected chi connectivity index (χ1v) is 8.13. The predicted octanol–water partition coefficient (Wildman–Crippen LogP) is 3.45. The predicted molar refractivity (Wildman–Crippen MR) is 96.1 cm³/mol. The third kappa shape index (κ3) is 4.17. The van der Waals surface area contributed by atoms with E-state index in [1.54, 1.807) is 35.9 Å². The normalized spacial score (nSPS) is 11.0. The summed E-state index contributed by atoms with van der Waals surface area (Å²) in [5.74, 6) is 0.738. The fraction of sp³-hybridized carbons (Fsp3) is 0.333. The highest BCUT2D eigenvalue weighted by molar-refractivity contribution is 6.31. The van der Waals surface area contributed by atoms with Crippen LogP contribution in [-0.4, -0.2) is 34.2 Å². The fourth-order valence-corrected chi connectivity index (χ4v) is 2.63. The van der Waals surface area contributed by atoms with Crippen molar-refractivity contribution in [3.8, 4) is 5.75 Å². The molecule has 5 nitrogen and oxygen atoms in total. The van der Waals surface area contributed by atoms with E-state index in [1.165, 1.54) is 0 Å². The molecule has 0 unspecified atom stereocenters. The van der Waals surface area contributed by atoms with Crippen LogP contribution < -0.4 is 4.74 Å². The van der Waals surface area contributed by atoms with E-state index in [4.69, 9.17) is 16.3 Å². The van der Waals surface area contributed by atoms with Crippen molar-refractivity contribution in [3.05, 3.63) is 52.3 Å². The zero-order valence-electron chi connectivity index (χ0n) is 14.4. The maximum atomic E-state index is 12.4. The van der Waals surface area contributed by atoms with E-state index < -0.39 is 0 Å². The van der Waals surface area contributed by atoms with E-state index in [2.05, 4.69) is 5.10 Å². The average Bonchev–Trinajstić information content (AvgIpc) is 2.83. The number of carbonyl (C=O) groups excluding carboxylic acids is 1. The monoisotopic (exact) mass is 347 g/mol. The van der Waals surface area contributed by atoms with Gasteiger partial charge in [-0.3, -0.25) is 9.48 Å². The molecule has 0 fully saturated rings. The maximum Gasteiger partial charge on any atom is 0.246 e. The molecule has 24 heavy (non-hydrogen) atoms. The Morgan fingerprint density at radius 2 is 2.04 bits per heavy atom. The minimum absolute atomic E-state index is 0.0624. The number of aromatic nitrogens is 2. The number of benzene rings is 1. The number of carbonyl (C=O) groups is 1. The molecule has 6 heteroatoms. The molecule has 0 spiro atoms.